The van der Waals surface area contributed by atoms with E-state index in [0.717, 1.165) is 11.4 Å². The van der Waals surface area contributed by atoms with E-state index < -0.39 is 0 Å². The third-order valence-corrected chi connectivity index (χ3v) is 4.69. The van der Waals surface area contributed by atoms with E-state index >= 15 is 0 Å². The van der Waals surface area contributed by atoms with Crippen LogP contribution in [0, 0.1) is 0 Å². The maximum atomic E-state index is 11.1. The van der Waals surface area contributed by atoms with Crippen LogP contribution in [0.25, 0.3) is 10.8 Å². The Morgan fingerprint density at radius 2 is 1.14 bits per heavy atom. The van der Waals surface area contributed by atoms with E-state index in [9.17, 15) is 9.59 Å². The van der Waals surface area contributed by atoms with Gasteiger partial charge in [-0.05, 0) is 23.6 Å². The lowest BCUT2D eigenvalue weighted by atomic mass is 10.1. The first kappa shape index (κ1) is 17.7. The van der Waals surface area contributed by atoms with Crippen molar-refractivity contribution >= 4 is 33.7 Å². The van der Waals surface area contributed by atoms with Crippen molar-refractivity contribution in [3.05, 3.63) is 108 Å². The van der Waals surface area contributed by atoms with Crippen molar-refractivity contribution in [1.29, 1.82) is 0 Å². The number of hydrogen-bond acceptors (Lipinski definition) is 3. The molecule has 0 spiro atoms. The standard InChI is InChI=1S/C16H13N.C9H6O2/c1-2-9-14(10-3-1)17-16-12-6-8-13-7-4-5-11-15(13)16;10-8-5-9(11)7-4-2-1-3-6(7)8/h1-12,17H;1-4H,5H2. The van der Waals surface area contributed by atoms with Crippen molar-refractivity contribution in [2.24, 2.45) is 0 Å². The minimum absolute atomic E-state index is 0.0504. The lowest BCUT2D eigenvalue weighted by molar-refractivity contribution is 0.0923. The number of nitrogens with one attached hydrogen (secondary N) is 1. The summed E-state index contributed by atoms with van der Waals surface area (Å²) in [5.41, 5.74) is 3.42. The fourth-order valence-corrected chi connectivity index (χ4v) is 3.32. The molecule has 3 heteroatoms. The zero-order valence-corrected chi connectivity index (χ0v) is 15.3. The topological polar surface area (TPSA) is 46.2 Å². The second-order valence-corrected chi connectivity index (χ2v) is 6.59. The molecular weight excluding hydrogens is 346 g/mol. The van der Waals surface area contributed by atoms with Crippen molar-refractivity contribution in [3.8, 4) is 0 Å². The molecule has 0 amide bonds. The van der Waals surface area contributed by atoms with Gasteiger partial charge in [-0.15, -0.1) is 0 Å². The van der Waals surface area contributed by atoms with Gasteiger partial charge >= 0.3 is 0 Å². The van der Waals surface area contributed by atoms with Crippen LogP contribution in [0.15, 0.2) is 97.1 Å². The molecule has 0 aromatic heterocycles. The molecule has 0 radical (unpaired) electrons. The predicted molar refractivity (Wildman–Crippen MR) is 113 cm³/mol. The van der Waals surface area contributed by atoms with Crippen molar-refractivity contribution in [3.63, 3.8) is 0 Å². The number of carbonyl (C=O) groups is 2. The Hall–Kier alpha value is -3.72. The number of hydrogen-bond donors (Lipinski definition) is 1. The molecule has 28 heavy (non-hydrogen) atoms. The van der Waals surface area contributed by atoms with Gasteiger partial charge in [0.05, 0.1) is 6.42 Å². The minimum Gasteiger partial charge on any atom is -0.355 e. The number of ketones is 2. The second kappa shape index (κ2) is 7.89. The Balaban J connectivity index is 0.000000151. The van der Waals surface area contributed by atoms with Gasteiger partial charge in [0.15, 0.2) is 11.6 Å². The van der Waals surface area contributed by atoms with Gasteiger partial charge in [-0.1, -0.05) is 78.9 Å². The summed E-state index contributed by atoms with van der Waals surface area (Å²) >= 11 is 0. The number of Topliss-reactive ketones (excluding diaryl/α,β-unsaturated/α-hetero) is 2. The lowest BCUT2D eigenvalue weighted by Gasteiger charge is -2.09. The molecule has 1 N–H and O–H groups in total. The Morgan fingerprint density at radius 1 is 0.571 bits per heavy atom. The number of anilines is 2. The molecule has 4 aromatic carbocycles. The summed E-state index contributed by atoms with van der Waals surface area (Å²) in [5, 5.41) is 5.95. The maximum absolute atomic E-state index is 11.1. The second-order valence-electron chi connectivity index (χ2n) is 6.59. The normalized spacial score (nSPS) is 12.3. The van der Waals surface area contributed by atoms with E-state index in [1.54, 1.807) is 24.3 Å². The number of rotatable bonds is 2. The molecule has 0 saturated heterocycles. The molecule has 0 atom stereocenters. The van der Waals surface area contributed by atoms with Crippen LogP contribution in [-0.2, 0) is 0 Å². The molecule has 0 saturated carbocycles. The average Bonchev–Trinajstić information content (AvgIpc) is 3.04. The van der Waals surface area contributed by atoms with E-state index in [0.29, 0.717) is 11.1 Å². The summed E-state index contributed by atoms with van der Waals surface area (Å²) in [6, 6.07) is 31.9. The molecule has 5 rings (SSSR count). The summed E-state index contributed by atoms with van der Waals surface area (Å²) in [4.78, 5) is 22.1. The van der Waals surface area contributed by atoms with Gasteiger partial charge in [-0.2, -0.15) is 0 Å². The Kier molecular flexibility index (Phi) is 4.98. The molecule has 4 aromatic rings. The highest BCUT2D eigenvalue weighted by Crippen LogP contribution is 2.26. The molecule has 0 heterocycles. The Morgan fingerprint density at radius 3 is 1.86 bits per heavy atom. The van der Waals surface area contributed by atoms with Crippen LogP contribution in [0.4, 0.5) is 11.4 Å². The molecule has 0 fully saturated rings. The third kappa shape index (κ3) is 3.69. The van der Waals surface area contributed by atoms with Gasteiger partial charge in [0.2, 0.25) is 0 Å². The lowest BCUT2D eigenvalue weighted by Crippen LogP contribution is -1.90. The monoisotopic (exact) mass is 365 g/mol. The number of para-hydroxylation sites is 1. The van der Waals surface area contributed by atoms with Crippen LogP contribution in [0.2, 0.25) is 0 Å². The van der Waals surface area contributed by atoms with Crippen LogP contribution in [0.3, 0.4) is 0 Å². The van der Waals surface area contributed by atoms with Gasteiger partial charge in [-0.25, -0.2) is 0 Å². The molecule has 1 aliphatic carbocycles. The molecule has 0 aliphatic heterocycles. The van der Waals surface area contributed by atoms with Crippen LogP contribution < -0.4 is 5.32 Å². The predicted octanol–water partition coefficient (Wildman–Crippen LogP) is 6.04. The minimum atomic E-state index is -0.0504. The first-order valence-electron chi connectivity index (χ1n) is 9.17. The van der Waals surface area contributed by atoms with Crippen LogP contribution in [0.1, 0.15) is 27.1 Å². The van der Waals surface area contributed by atoms with Crippen molar-refractivity contribution in [2.75, 3.05) is 5.32 Å². The smallest absolute Gasteiger partial charge is 0.171 e. The highest BCUT2D eigenvalue weighted by Gasteiger charge is 2.25. The molecule has 3 nitrogen and oxygen atoms in total. The molecule has 136 valence electrons. The van der Waals surface area contributed by atoms with E-state index in [-0.39, 0.29) is 18.0 Å². The molecule has 0 unspecified atom stereocenters. The number of benzene rings is 4. The van der Waals surface area contributed by atoms with Gasteiger partial charge in [0, 0.05) is 27.9 Å². The third-order valence-electron chi connectivity index (χ3n) is 4.69. The van der Waals surface area contributed by atoms with E-state index in [1.807, 2.05) is 18.2 Å². The van der Waals surface area contributed by atoms with Gasteiger partial charge < -0.3 is 5.32 Å². The SMILES string of the molecule is O=C1CC(=O)c2ccccc21.c1ccc(Nc2cccc3ccccc23)cc1. The fourth-order valence-electron chi connectivity index (χ4n) is 3.32. The maximum Gasteiger partial charge on any atom is 0.171 e. The van der Waals surface area contributed by atoms with Crippen molar-refractivity contribution in [2.45, 2.75) is 6.42 Å². The highest BCUT2D eigenvalue weighted by atomic mass is 16.2. The molecular formula is C25H19NO2. The van der Waals surface area contributed by atoms with E-state index in [4.69, 9.17) is 0 Å². The van der Waals surface area contributed by atoms with Gasteiger partial charge in [-0.3, -0.25) is 9.59 Å². The summed E-state index contributed by atoms with van der Waals surface area (Å²) in [7, 11) is 0. The van der Waals surface area contributed by atoms with Gasteiger partial charge in [0.25, 0.3) is 0 Å². The first-order valence-corrected chi connectivity index (χ1v) is 9.17. The zero-order chi connectivity index (χ0) is 19.3. The van der Waals surface area contributed by atoms with Crippen molar-refractivity contribution < 1.29 is 9.59 Å². The Bertz CT molecular complexity index is 1110. The van der Waals surface area contributed by atoms with Crippen molar-refractivity contribution in [1.82, 2.24) is 0 Å². The van der Waals surface area contributed by atoms with Crippen LogP contribution >= 0.6 is 0 Å². The van der Waals surface area contributed by atoms with E-state index in [1.165, 1.54) is 10.8 Å². The zero-order valence-electron chi connectivity index (χ0n) is 15.3. The quantitative estimate of drug-likeness (QED) is 0.441. The number of carbonyl (C=O) groups excluding carboxylic acids is 2. The first-order chi connectivity index (χ1) is 13.7. The number of fused-ring (bicyclic) bond motifs is 2. The summed E-state index contributed by atoms with van der Waals surface area (Å²) < 4.78 is 0. The Labute approximate surface area is 163 Å². The highest BCUT2D eigenvalue weighted by molar-refractivity contribution is 6.24. The van der Waals surface area contributed by atoms with Crippen LogP contribution in [0.5, 0.6) is 0 Å². The average molecular weight is 365 g/mol. The molecule has 1 aliphatic rings. The summed E-state index contributed by atoms with van der Waals surface area (Å²) in [5.74, 6) is -0.101. The van der Waals surface area contributed by atoms with E-state index in [2.05, 4.69) is 59.9 Å². The fraction of sp³-hybridized carbons (Fsp3) is 0.0400. The van der Waals surface area contributed by atoms with Crippen LogP contribution in [-0.4, -0.2) is 11.6 Å². The summed E-state index contributed by atoms with van der Waals surface area (Å²) in [6.45, 7) is 0. The summed E-state index contributed by atoms with van der Waals surface area (Å²) in [6.07, 6.45) is 0.0549. The largest absolute Gasteiger partial charge is 0.355 e. The van der Waals surface area contributed by atoms with Gasteiger partial charge in [0.1, 0.15) is 0 Å². The molecule has 0 bridgehead atoms.